The van der Waals surface area contributed by atoms with E-state index in [4.69, 9.17) is 5.73 Å². The molecule has 1 heterocycles. The van der Waals surface area contributed by atoms with Gasteiger partial charge in [-0.25, -0.2) is 4.79 Å². The fourth-order valence-corrected chi connectivity index (χ4v) is 2.93. The van der Waals surface area contributed by atoms with E-state index in [0.717, 1.165) is 0 Å². The molecule has 0 aliphatic carbocycles. The first kappa shape index (κ1) is 22.8. The molecule has 1 aliphatic heterocycles. The maximum absolute atomic E-state index is 12.8. The minimum Gasteiger partial charge on any atom is -0.480 e. The lowest BCUT2D eigenvalue weighted by Gasteiger charge is -2.28. The molecule has 10 nitrogen and oxygen atoms in total. The van der Waals surface area contributed by atoms with Gasteiger partial charge in [-0.15, -0.1) is 0 Å². The Bertz CT molecular complexity index is 566. The summed E-state index contributed by atoms with van der Waals surface area (Å²) in [6.45, 7) is 5.06. The fourth-order valence-electron chi connectivity index (χ4n) is 2.93. The summed E-state index contributed by atoms with van der Waals surface area (Å²) >= 11 is 0. The quantitative estimate of drug-likeness (QED) is 0.319. The zero-order chi connectivity index (χ0) is 20.7. The average Bonchev–Trinajstić information content (AvgIpc) is 3.07. The van der Waals surface area contributed by atoms with E-state index >= 15 is 0 Å². The number of aliphatic hydroxyl groups excluding tert-OH is 1. The molecule has 1 saturated heterocycles. The molecule has 0 aromatic heterocycles. The van der Waals surface area contributed by atoms with Gasteiger partial charge in [0.05, 0.1) is 12.6 Å². The van der Waals surface area contributed by atoms with Crippen molar-refractivity contribution in [1.82, 2.24) is 15.5 Å². The van der Waals surface area contributed by atoms with Crippen LogP contribution < -0.4 is 16.4 Å². The molecular weight excluding hydrogens is 356 g/mol. The average molecular weight is 386 g/mol. The van der Waals surface area contributed by atoms with Gasteiger partial charge >= 0.3 is 5.97 Å². The molecule has 0 aromatic carbocycles. The highest BCUT2D eigenvalue weighted by Crippen LogP contribution is 2.20. The molecule has 1 aliphatic rings. The van der Waals surface area contributed by atoms with Crippen molar-refractivity contribution in [1.29, 1.82) is 0 Å². The van der Waals surface area contributed by atoms with Crippen LogP contribution in [0.3, 0.4) is 0 Å². The summed E-state index contributed by atoms with van der Waals surface area (Å²) in [6, 6.07) is -2.92. The normalized spacial score (nSPS) is 20.1. The molecule has 6 N–H and O–H groups in total. The molecule has 154 valence electrons. The van der Waals surface area contributed by atoms with Gasteiger partial charge < -0.3 is 31.5 Å². The van der Waals surface area contributed by atoms with Crippen molar-refractivity contribution in [2.24, 2.45) is 11.7 Å². The van der Waals surface area contributed by atoms with Crippen LogP contribution in [-0.2, 0) is 19.2 Å². The summed E-state index contributed by atoms with van der Waals surface area (Å²) in [4.78, 5) is 49.2. The number of amides is 3. The summed E-state index contributed by atoms with van der Waals surface area (Å²) in [5, 5.41) is 23.4. The zero-order valence-corrected chi connectivity index (χ0v) is 16.0. The maximum Gasteiger partial charge on any atom is 0.326 e. The Hall–Kier alpha value is -2.20. The number of aliphatic carboxylic acids is 1. The van der Waals surface area contributed by atoms with Crippen molar-refractivity contribution in [2.45, 2.75) is 64.3 Å². The van der Waals surface area contributed by atoms with Gasteiger partial charge in [0.1, 0.15) is 18.1 Å². The highest BCUT2D eigenvalue weighted by molar-refractivity contribution is 5.92. The van der Waals surface area contributed by atoms with E-state index in [9.17, 15) is 29.4 Å². The number of nitrogens with one attached hydrogen (secondary N) is 2. The SMILES string of the molecule is CC(C)CC(NC(=O)CNC(=O)C(N)C(C)O)C(=O)N1CCCC1C(=O)O. The standard InChI is InChI=1S/C17H30N4O6/c1-9(2)7-11(16(25)21-6-4-5-12(21)17(26)27)20-13(23)8-19-15(24)14(18)10(3)22/h9-12,14,22H,4-8,18H2,1-3H3,(H,19,24)(H,20,23)(H,26,27). The number of carboxylic acid groups (broad SMARTS) is 1. The first-order chi connectivity index (χ1) is 12.5. The van der Waals surface area contributed by atoms with Crippen LogP contribution in [0.25, 0.3) is 0 Å². The lowest BCUT2D eigenvalue weighted by Crippen LogP contribution is -2.54. The molecular formula is C17H30N4O6. The van der Waals surface area contributed by atoms with Crippen molar-refractivity contribution in [3.63, 3.8) is 0 Å². The lowest BCUT2D eigenvalue weighted by molar-refractivity contribution is -0.149. The predicted molar refractivity (Wildman–Crippen MR) is 96.4 cm³/mol. The first-order valence-corrected chi connectivity index (χ1v) is 9.08. The van der Waals surface area contributed by atoms with Crippen molar-refractivity contribution in [3.05, 3.63) is 0 Å². The van der Waals surface area contributed by atoms with Crippen LogP contribution in [-0.4, -0.2) is 76.1 Å². The fraction of sp³-hybridized carbons (Fsp3) is 0.765. The minimum atomic E-state index is -1.16. The summed E-state index contributed by atoms with van der Waals surface area (Å²) in [6.07, 6.45) is 0.260. The first-order valence-electron chi connectivity index (χ1n) is 9.08. The van der Waals surface area contributed by atoms with Crippen molar-refractivity contribution in [2.75, 3.05) is 13.1 Å². The largest absolute Gasteiger partial charge is 0.480 e. The van der Waals surface area contributed by atoms with E-state index in [1.165, 1.54) is 11.8 Å². The van der Waals surface area contributed by atoms with E-state index in [1.54, 1.807) is 0 Å². The molecule has 1 fully saturated rings. The third-order valence-corrected chi connectivity index (χ3v) is 4.41. The zero-order valence-electron chi connectivity index (χ0n) is 16.0. The molecule has 3 amide bonds. The molecule has 0 aromatic rings. The Morgan fingerprint density at radius 1 is 1.22 bits per heavy atom. The molecule has 27 heavy (non-hydrogen) atoms. The number of carbonyl (C=O) groups excluding carboxylic acids is 3. The molecule has 0 saturated carbocycles. The van der Waals surface area contributed by atoms with Gasteiger partial charge in [0, 0.05) is 6.54 Å². The third-order valence-electron chi connectivity index (χ3n) is 4.41. The number of rotatable bonds is 9. The highest BCUT2D eigenvalue weighted by Gasteiger charge is 2.37. The van der Waals surface area contributed by atoms with Crippen LogP contribution >= 0.6 is 0 Å². The highest BCUT2D eigenvalue weighted by atomic mass is 16.4. The Morgan fingerprint density at radius 3 is 2.37 bits per heavy atom. The molecule has 0 radical (unpaired) electrons. The van der Waals surface area contributed by atoms with E-state index in [-0.39, 0.29) is 5.92 Å². The van der Waals surface area contributed by atoms with Gasteiger partial charge in [-0.05, 0) is 32.1 Å². The molecule has 0 spiro atoms. The van der Waals surface area contributed by atoms with Crippen molar-refractivity contribution >= 4 is 23.7 Å². The van der Waals surface area contributed by atoms with Crippen molar-refractivity contribution < 1.29 is 29.4 Å². The van der Waals surface area contributed by atoms with Gasteiger partial charge in [0.15, 0.2) is 0 Å². The van der Waals surface area contributed by atoms with E-state index in [2.05, 4.69) is 10.6 Å². The summed E-state index contributed by atoms with van der Waals surface area (Å²) in [5.41, 5.74) is 5.48. The number of likely N-dealkylation sites (tertiary alicyclic amines) is 1. The molecule has 1 rings (SSSR count). The number of nitrogens with zero attached hydrogens (tertiary/aromatic N) is 1. The number of carbonyl (C=O) groups is 4. The second-order valence-electron chi connectivity index (χ2n) is 7.26. The van der Waals surface area contributed by atoms with Gasteiger partial charge in [-0.3, -0.25) is 14.4 Å². The Labute approximate surface area is 158 Å². The van der Waals surface area contributed by atoms with Crippen LogP contribution in [0.1, 0.15) is 40.0 Å². The minimum absolute atomic E-state index is 0.0865. The third kappa shape index (κ3) is 6.79. The van der Waals surface area contributed by atoms with E-state index in [0.29, 0.717) is 25.8 Å². The Kier molecular flexibility index (Phi) is 8.64. The molecule has 10 heteroatoms. The van der Waals surface area contributed by atoms with Gasteiger partial charge in [0.2, 0.25) is 17.7 Å². The Morgan fingerprint density at radius 2 is 1.85 bits per heavy atom. The van der Waals surface area contributed by atoms with Crippen LogP contribution in [0, 0.1) is 5.92 Å². The maximum atomic E-state index is 12.8. The number of aliphatic hydroxyl groups is 1. The topological polar surface area (TPSA) is 162 Å². The number of nitrogens with two attached hydrogens (primary N) is 1. The number of hydrogen-bond donors (Lipinski definition) is 5. The van der Waals surface area contributed by atoms with Gasteiger partial charge in [-0.1, -0.05) is 13.8 Å². The van der Waals surface area contributed by atoms with Crippen LogP contribution in [0.15, 0.2) is 0 Å². The smallest absolute Gasteiger partial charge is 0.326 e. The number of hydrogen-bond acceptors (Lipinski definition) is 6. The van der Waals surface area contributed by atoms with Crippen LogP contribution in [0.4, 0.5) is 0 Å². The molecule has 4 unspecified atom stereocenters. The second kappa shape index (κ2) is 10.2. The van der Waals surface area contributed by atoms with Crippen LogP contribution in [0.5, 0.6) is 0 Å². The summed E-state index contributed by atoms with van der Waals surface area (Å²) in [5.74, 6) is -2.68. The lowest BCUT2D eigenvalue weighted by atomic mass is 10.0. The second-order valence-corrected chi connectivity index (χ2v) is 7.26. The Balaban J connectivity index is 2.71. The van der Waals surface area contributed by atoms with E-state index in [1.807, 2.05) is 13.8 Å². The van der Waals surface area contributed by atoms with Crippen molar-refractivity contribution in [3.8, 4) is 0 Å². The number of carboxylic acids is 1. The van der Waals surface area contributed by atoms with Gasteiger partial charge in [-0.2, -0.15) is 0 Å². The molecule has 4 atom stereocenters. The summed E-state index contributed by atoms with van der Waals surface area (Å²) in [7, 11) is 0. The summed E-state index contributed by atoms with van der Waals surface area (Å²) < 4.78 is 0. The predicted octanol–water partition coefficient (Wildman–Crippen LogP) is -1.58. The van der Waals surface area contributed by atoms with Gasteiger partial charge in [0.25, 0.3) is 0 Å². The van der Waals surface area contributed by atoms with Crippen LogP contribution in [0.2, 0.25) is 0 Å². The monoisotopic (exact) mass is 386 g/mol. The molecule has 0 bridgehead atoms. The van der Waals surface area contributed by atoms with E-state index < -0.39 is 54.5 Å².